The van der Waals surface area contributed by atoms with Gasteiger partial charge < -0.3 is 10.7 Å². The quantitative estimate of drug-likeness (QED) is 0.236. The molecule has 1 aromatic heterocycles. The van der Waals surface area contributed by atoms with Crippen LogP contribution in [0.15, 0.2) is 54.7 Å². The van der Waals surface area contributed by atoms with Gasteiger partial charge >= 0.3 is 0 Å². The number of nitrogens with two attached hydrogens (primary N) is 1. The number of para-hydroxylation sites is 1. The van der Waals surface area contributed by atoms with Crippen molar-refractivity contribution in [2.24, 2.45) is 5.73 Å². The first-order valence-electron chi connectivity index (χ1n) is 9.90. The van der Waals surface area contributed by atoms with Gasteiger partial charge in [-0.25, -0.2) is 5.48 Å². The molecule has 0 saturated heterocycles. The van der Waals surface area contributed by atoms with Crippen molar-refractivity contribution in [3.63, 3.8) is 0 Å². The van der Waals surface area contributed by atoms with Gasteiger partial charge in [-0.2, -0.15) is 0 Å². The highest BCUT2D eigenvalue weighted by molar-refractivity contribution is 5.90. The average Bonchev–Trinajstić information content (AvgIpc) is 3.35. The zero-order valence-corrected chi connectivity index (χ0v) is 16.4. The molecule has 7 heteroatoms. The van der Waals surface area contributed by atoms with E-state index in [1.165, 1.54) is 11.6 Å². The molecule has 3 aromatic rings. The van der Waals surface area contributed by atoms with E-state index in [9.17, 15) is 9.59 Å². The highest BCUT2D eigenvalue weighted by Gasteiger charge is 2.27. The summed E-state index contributed by atoms with van der Waals surface area (Å²) in [5.74, 6) is -0.945. The Morgan fingerprint density at radius 2 is 2.10 bits per heavy atom. The Hall–Kier alpha value is -3.42. The number of fused-ring (bicyclic) bond motifs is 2. The van der Waals surface area contributed by atoms with Gasteiger partial charge in [-0.3, -0.25) is 20.1 Å². The summed E-state index contributed by atoms with van der Waals surface area (Å²) in [7, 11) is 0. The molecule has 1 heterocycles. The number of rotatable bonds is 7. The summed E-state index contributed by atoms with van der Waals surface area (Å²) in [5.41, 5.74) is 12.6. The van der Waals surface area contributed by atoms with Gasteiger partial charge in [0.15, 0.2) is 0 Å². The molecule has 0 fully saturated rings. The number of carbonyl (C=O) groups is 2. The van der Waals surface area contributed by atoms with Crippen molar-refractivity contribution in [3.8, 4) is 0 Å². The molecular weight excluding hydrogens is 380 g/mol. The molecule has 0 bridgehead atoms. The minimum absolute atomic E-state index is 0.0430. The summed E-state index contributed by atoms with van der Waals surface area (Å²) in [5, 5.41) is 13.1. The number of aromatic nitrogens is 1. The van der Waals surface area contributed by atoms with Crippen LogP contribution in [-0.4, -0.2) is 28.0 Å². The fourth-order valence-corrected chi connectivity index (χ4v) is 4.13. The molecule has 1 aliphatic carbocycles. The molecule has 7 nitrogen and oxygen atoms in total. The van der Waals surface area contributed by atoms with E-state index in [1.807, 2.05) is 48.7 Å². The fraction of sp³-hybridized carbons (Fsp3) is 0.217. The van der Waals surface area contributed by atoms with Crippen LogP contribution in [0.2, 0.25) is 0 Å². The summed E-state index contributed by atoms with van der Waals surface area (Å²) in [6.07, 6.45) is 7.12. The molecule has 6 N–H and O–H groups in total. The molecule has 1 unspecified atom stereocenters. The summed E-state index contributed by atoms with van der Waals surface area (Å²) in [6.45, 7) is 0. The maximum Gasteiger partial charge on any atom is 0.267 e. The number of carbonyl (C=O) groups excluding carboxylic acids is 2. The standard InChI is InChI=1S/C23H24N4O3/c24-23(29)21(12-16-13-25-19-4-2-1-3-17(16)19)26-20-9-7-15-11-14(5-8-18(15)20)6-10-22(28)27-30/h1-6,8,10-11,13,20-21,25-26,30H,7,9,12H2,(H2,24,29)(H,27,28)/t20?,21-/m0/s1. The molecule has 0 radical (unpaired) electrons. The van der Waals surface area contributed by atoms with Gasteiger partial charge in [0.1, 0.15) is 0 Å². The first-order valence-corrected chi connectivity index (χ1v) is 9.90. The SMILES string of the molecule is NC(=O)[C@H](Cc1c[nH]c2ccccc12)NC1CCc2cc(C=CC(=O)NO)ccc21. The van der Waals surface area contributed by atoms with Crippen molar-refractivity contribution < 1.29 is 14.8 Å². The van der Waals surface area contributed by atoms with E-state index in [-0.39, 0.29) is 11.9 Å². The van der Waals surface area contributed by atoms with Crippen LogP contribution in [0.25, 0.3) is 17.0 Å². The smallest absolute Gasteiger partial charge is 0.267 e. The summed E-state index contributed by atoms with van der Waals surface area (Å²) < 4.78 is 0. The summed E-state index contributed by atoms with van der Waals surface area (Å²) in [6, 6.07) is 13.5. The second kappa shape index (κ2) is 8.52. The number of amides is 2. The second-order valence-corrected chi connectivity index (χ2v) is 7.54. The Kier molecular flexibility index (Phi) is 5.65. The molecule has 2 amide bonds. The van der Waals surface area contributed by atoms with Crippen LogP contribution in [0, 0.1) is 0 Å². The lowest BCUT2D eigenvalue weighted by atomic mass is 10.0. The van der Waals surface area contributed by atoms with E-state index in [0.717, 1.165) is 40.4 Å². The third-order valence-electron chi connectivity index (χ3n) is 5.63. The zero-order valence-electron chi connectivity index (χ0n) is 16.4. The highest BCUT2D eigenvalue weighted by atomic mass is 16.5. The van der Waals surface area contributed by atoms with Crippen LogP contribution < -0.4 is 16.5 Å². The van der Waals surface area contributed by atoms with Crippen LogP contribution in [0.4, 0.5) is 0 Å². The molecule has 4 rings (SSSR count). The van der Waals surface area contributed by atoms with Gasteiger partial charge in [0.2, 0.25) is 5.91 Å². The molecule has 0 spiro atoms. The van der Waals surface area contributed by atoms with E-state index in [0.29, 0.717) is 6.42 Å². The Morgan fingerprint density at radius 3 is 2.90 bits per heavy atom. The van der Waals surface area contributed by atoms with Crippen molar-refractivity contribution in [1.29, 1.82) is 0 Å². The molecular formula is C23H24N4O3. The predicted octanol–water partition coefficient (Wildman–Crippen LogP) is 2.36. The van der Waals surface area contributed by atoms with Gasteiger partial charge in [-0.05, 0) is 53.7 Å². The summed E-state index contributed by atoms with van der Waals surface area (Å²) >= 11 is 0. The Bertz CT molecular complexity index is 1120. The first kappa shape index (κ1) is 19.9. The molecule has 1 aliphatic rings. The average molecular weight is 404 g/mol. The monoisotopic (exact) mass is 404 g/mol. The Morgan fingerprint density at radius 1 is 1.27 bits per heavy atom. The molecule has 2 aromatic carbocycles. The lowest BCUT2D eigenvalue weighted by molar-refractivity contribution is -0.124. The van der Waals surface area contributed by atoms with Gasteiger partial charge in [0.25, 0.3) is 5.91 Å². The summed E-state index contributed by atoms with van der Waals surface area (Å²) in [4.78, 5) is 26.6. The van der Waals surface area contributed by atoms with Crippen molar-refractivity contribution in [2.45, 2.75) is 31.3 Å². The largest absolute Gasteiger partial charge is 0.368 e. The number of benzene rings is 2. The van der Waals surface area contributed by atoms with Crippen LogP contribution >= 0.6 is 0 Å². The topological polar surface area (TPSA) is 120 Å². The number of hydrogen-bond donors (Lipinski definition) is 5. The first-order chi connectivity index (χ1) is 14.5. The van der Waals surface area contributed by atoms with Crippen LogP contribution in [0.3, 0.4) is 0 Å². The van der Waals surface area contributed by atoms with Crippen LogP contribution in [-0.2, 0) is 22.4 Å². The number of hydrogen-bond acceptors (Lipinski definition) is 4. The normalized spacial score (nSPS) is 16.6. The maximum atomic E-state index is 12.2. The third kappa shape index (κ3) is 4.12. The van der Waals surface area contributed by atoms with E-state index in [1.54, 1.807) is 11.6 Å². The number of aryl methyl sites for hydroxylation is 1. The Balaban J connectivity index is 1.50. The van der Waals surface area contributed by atoms with Gasteiger partial charge in [-0.15, -0.1) is 0 Å². The molecule has 0 aliphatic heterocycles. The van der Waals surface area contributed by atoms with Crippen LogP contribution in [0.5, 0.6) is 0 Å². The van der Waals surface area contributed by atoms with Crippen molar-refractivity contribution in [3.05, 3.63) is 77.0 Å². The van der Waals surface area contributed by atoms with Crippen molar-refractivity contribution >= 4 is 28.8 Å². The number of nitrogens with one attached hydrogen (secondary N) is 3. The minimum Gasteiger partial charge on any atom is -0.368 e. The lowest BCUT2D eigenvalue weighted by Gasteiger charge is -2.21. The van der Waals surface area contributed by atoms with Gasteiger partial charge in [-0.1, -0.05) is 36.4 Å². The van der Waals surface area contributed by atoms with E-state index in [2.05, 4.69) is 10.3 Å². The van der Waals surface area contributed by atoms with Crippen LogP contribution in [0.1, 0.15) is 34.7 Å². The molecule has 2 atom stereocenters. The van der Waals surface area contributed by atoms with Gasteiger partial charge in [0, 0.05) is 29.2 Å². The minimum atomic E-state index is -0.573. The van der Waals surface area contributed by atoms with Gasteiger partial charge in [0.05, 0.1) is 6.04 Å². The third-order valence-corrected chi connectivity index (χ3v) is 5.63. The van der Waals surface area contributed by atoms with E-state index in [4.69, 9.17) is 10.9 Å². The zero-order chi connectivity index (χ0) is 21.1. The number of hydroxylamine groups is 1. The molecule has 154 valence electrons. The van der Waals surface area contributed by atoms with Crippen molar-refractivity contribution in [2.75, 3.05) is 0 Å². The number of aromatic amines is 1. The lowest BCUT2D eigenvalue weighted by Crippen LogP contribution is -2.44. The second-order valence-electron chi connectivity index (χ2n) is 7.54. The highest BCUT2D eigenvalue weighted by Crippen LogP contribution is 2.33. The van der Waals surface area contributed by atoms with Crippen molar-refractivity contribution in [1.82, 2.24) is 15.8 Å². The predicted molar refractivity (Wildman–Crippen MR) is 115 cm³/mol. The number of H-pyrrole nitrogens is 1. The molecule has 30 heavy (non-hydrogen) atoms. The molecule has 0 saturated carbocycles. The van der Waals surface area contributed by atoms with E-state index < -0.39 is 11.9 Å². The Labute approximate surface area is 173 Å². The maximum absolute atomic E-state index is 12.2. The number of primary amides is 1. The fourth-order valence-electron chi connectivity index (χ4n) is 4.13. The van der Waals surface area contributed by atoms with E-state index >= 15 is 0 Å².